The van der Waals surface area contributed by atoms with E-state index in [1.165, 1.54) is 0 Å². The Bertz CT molecular complexity index is 401. The largest absolute Gasteiger partial charge is 0.380 e. The number of carbonyl (C=O) groups is 1. The SMILES string of the molecule is COCc1cccc(C(=O)N[C@H]2CCCNC2)c1. The average Bonchev–Trinajstić information content (AvgIpc) is 2.40. The first-order chi connectivity index (χ1) is 8.79. The van der Waals surface area contributed by atoms with Gasteiger partial charge >= 0.3 is 0 Å². The predicted molar refractivity (Wildman–Crippen MR) is 70.5 cm³/mol. The van der Waals surface area contributed by atoms with E-state index in [1.807, 2.05) is 24.3 Å². The van der Waals surface area contributed by atoms with Gasteiger partial charge in [-0.15, -0.1) is 0 Å². The number of methoxy groups -OCH3 is 1. The lowest BCUT2D eigenvalue weighted by atomic mass is 10.1. The second-order valence-corrected chi connectivity index (χ2v) is 4.65. The van der Waals surface area contributed by atoms with Crippen molar-refractivity contribution in [3.8, 4) is 0 Å². The number of amides is 1. The van der Waals surface area contributed by atoms with Gasteiger partial charge < -0.3 is 15.4 Å². The summed E-state index contributed by atoms with van der Waals surface area (Å²) >= 11 is 0. The van der Waals surface area contributed by atoms with E-state index in [0.717, 1.165) is 31.5 Å². The minimum atomic E-state index is 0.00153. The van der Waals surface area contributed by atoms with E-state index in [9.17, 15) is 4.79 Å². The van der Waals surface area contributed by atoms with Crippen LogP contribution in [0.4, 0.5) is 0 Å². The first kappa shape index (κ1) is 13.1. The van der Waals surface area contributed by atoms with Crippen LogP contribution in [0.1, 0.15) is 28.8 Å². The number of nitrogens with one attached hydrogen (secondary N) is 2. The molecule has 0 unspecified atom stereocenters. The van der Waals surface area contributed by atoms with Gasteiger partial charge in [-0.1, -0.05) is 12.1 Å². The number of piperidine rings is 1. The van der Waals surface area contributed by atoms with Crippen LogP contribution in [-0.4, -0.2) is 32.1 Å². The van der Waals surface area contributed by atoms with Crippen LogP contribution in [0.5, 0.6) is 0 Å². The summed E-state index contributed by atoms with van der Waals surface area (Å²) in [5.41, 5.74) is 1.72. The van der Waals surface area contributed by atoms with Gasteiger partial charge in [0.25, 0.3) is 5.91 Å². The highest BCUT2D eigenvalue weighted by molar-refractivity contribution is 5.94. The number of hydrogen-bond acceptors (Lipinski definition) is 3. The molecule has 1 atom stereocenters. The molecule has 1 saturated heterocycles. The molecule has 0 spiro atoms. The molecule has 98 valence electrons. The second kappa shape index (κ2) is 6.52. The zero-order chi connectivity index (χ0) is 12.8. The van der Waals surface area contributed by atoms with Crippen LogP contribution >= 0.6 is 0 Å². The van der Waals surface area contributed by atoms with Crippen LogP contribution in [0.3, 0.4) is 0 Å². The molecule has 0 aromatic heterocycles. The summed E-state index contributed by atoms with van der Waals surface area (Å²) in [5.74, 6) is 0.00153. The van der Waals surface area contributed by atoms with Gasteiger partial charge in [0.05, 0.1) is 6.61 Å². The van der Waals surface area contributed by atoms with Gasteiger partial charge in [0.15, 0.2) is 0 Å². The first-order valence-electron chi connectivity index (χ1n) is 6.39. The Morgan fingerprint density at radius 3 is 3.17 bits per heavy atom. The van der Waals surface area contributed by atoms with Crippen LogP contribution in [0, 0.1) is 0 Å². The molecule has 0 aliphatic carbocycles. The maximum Gasteiger partial charge on any atom is 0.251 e. The molecule has 1 aliphatic heterocycles. The molecule has 1 aromatic carbocycles. The minimum absolute atomic E-state index is 0.00153. The van der Waals surface area contributed by atoms with Crippen molar-refractivity contribution in [1.29, 1.82) is 0 Å². The maximum absolute atomic E-state index is 12.1. The number of hydrogen-bond donors (Lipinski definition) is 2. The lowest BCUT2D eigenvalue weighted by Gasteiger charge is -2.23. The van der Waals surface area contributed by atoms with Crippen molar-refractivity contribution in [1.82, 2.24) is 10.6 Å². The van der Waals surface area contributed by atoms with Gasteiger partial charge in [-0.2, -0.15) is 0 Å². The summed E-state index contributed by atoms with van der Waals surface area (Å²) in [4.78, 5) is 12.1. The Morgan fingerprint density at radius 1 is 1.56 bits per heavy atom. The first-order valence-corrected chi connectivity index (χ1v) is 6.39. The number of benzene rings is 1. The summed E-state index contributed by atoms with van der Waals surface area (Å²) < 4.78 is 5.07. The molecule has 0 bridgehead atoms. The zero-order valence-electron chi connectivity index (χ0n) is 10.7. The number of carbonyl (C=O) groups excluding carboxylic acids is 1. The fourth-order valence-corrected chi connectivity index (χ4v) is 2.21. The summed E-state index contributed by atoms with van der Waals surface area (Å²) in [6.45, 7) is 2.45. The molecule has 1 heterocycles. The molecule has 2 N–H and O–H groups in total. The molecule has 4 heteroatoms. The van der Waals surface area contributed by atoms with Gasteiger partial charge in [0.1, 0.15) is 0 Å². The minimum Gasteiger partial charge on any atom is -0.380 e. The Labute approximate surface area is 108 Å². The van der Waals surface area contributed by atoms with Gasteiger partial charge in [-0.25, -0.2) is 0 Å². The molecule has 4 nitrogen and oxygen atoms in total. The van der Waals surface area contributed by atoms with E-state index in [2.05, 4.69) is 10.6 Å². The quantitative estimate of drug-likeness (QED) is 0.845. The topological polar surface area (TPSA) is 50.4 Å². The Hall–Kier alpha value is -1.39. The molecule has 0 radical (unpaired) electrons. The average molecular weight is 248 g/mol. The van der Waals surface area contributed by atoms with Gasteiger partial charge in [-0.05, 0) is 37.1 Å². The second-order valence-electron chi connectivity index (χ2n) is 4.65. The number of rotatable bonds is 4. The normalized spacial score (nSPS) is 19.5. The molecule has 1 aromatic rings. The monoisotopic (exact) mass is 248 g/mol. The fraction of sp³-hybridized carbons (Fsp3) is 0.500. The Morgan fingerprint density at radius 2 is 2.44 bits per heavy atom. The maximum atomic E-state index is 12.1. The summed E-state index contributed by atoms with van der Waals surface area (Å²) in [7, 11) is 1.65. The third-order valence-electron chi connectivity index (χ3n) is 3.13. The van der Waals surface area contributed by atoms with E-state index < -0.39 is 0 Å². The highest BCUT2D eigenvalue weighted by Crippen LogP contribution is 2.08. The van der Waals surface area contributed by atoms with Crippen molar-refractivity contribution >= 4 is 5.91 Å². The van der Waals surface area contributed by atoms with Crippen molar-refractivity contribution in [2.45, 2.75) is 25.5 Å². The van der Waals surface area contributed by atoms with Crippen LogP contribution in [0.25, 0.3) is 0 Å². The van der Waals surface area contributed by atoms with Crippen molar-refractivity contribution in [2.75, 3.05) is 20.2 Å². The Balaban J connectivity index is 1.96. The smallest absolute Gasteiger partial charge is 0.251 e. The highest BCUT2D eigenvalue weighted by atomic mass is 16.5. The molecular formula is C14H20N2O2. The van der Waals surface area contributed by atoms with Crippen molar-refractivity contribution in [3.63, 3.8) is 0 Å². The van der Waals surface area contributed by atoms with E-state index in [-0.39, 0.29) is 11.9 Å². The summed E-state index contributed by atoms with van der Waals surface area (Å²) in [5, 5.41) is 6.35. The predicted octanol–water partition coefficient (Wildman–Crippen LogP) is 1.31. The molecular weight excluding hydrogens is 228 g/mol. The van der Waals surface area contributed by atoms with E-state index in [0.29, 0.717) is 12.2 Å². The van der Waals surface area contributed by atoms with Crippen molar-refractivity contribution in [3.05, 3.63) is 35.4 Å². The molecule has 1 aliphatic rings. The van der Waals surface area contributed by atoms with Crippen LogP contribution < -0.4 is 10.6 Å². The molecule has 1 fully saturated rings. The molecule has 1 amide bonds. The molecule has 0 saturated carbocycles. The third kappa shape index (κ3) is 3.55. The van der Waals surface area contributed by atoms with Crippen molar-refractivity contribution in [2.24, 2.45) is 0 Å². The standard InChI is InChI=1S/C14H20N2O2/c1-18-10-11-4-2-5-12(8-11)14(17)16-13-6-3-7-15-9-13/h2,4-5,8,13,15H,3,6-7,9-10H2,1H3,(H,16,17)/t13-/m0/s1. The summed E-state index contributed by atoms with van der Waals surface area (Å²) in [6, 6.07) is 7.82. The van der Waals surface area contributed by atoms with Crippen molar-refractivity contribution < 1.29 is 9.53 Å². The van der Waals surface area contributed by atoms with Crippen LogP contribution in [0.15, 0.2) is 24.3 Å². The summed E-state index contributed by atoms with van der Waals surface area (Å²) in [6.07, 6.45) is 2.17. The fourth-order valence-electron chi connectivity index (χ4n) is 2.21. The lowest BCUT2D eigenvalue weighted by molar-refractivity contribution is 0.0930. The van der Waals surface area contributed by atoms with E-state index in [1.54, 1.807) is 7.11 Å². The molecule has 2 rings (SSSR count). The molecule has 18 heavy (non-hydrogen) atoms. The Kier molecular flexibility index (Phi) is 4.73. The van der Waals surface area contributed by atoms with Crippen LogP contribution in [-0.2, 0) is 11.3 Å². The third-order valence-corrected chi connectivity index (χ3v) is 3.13. The zero-order valence-corrected chi connectivity index (χ0v) is 10.7. The van der Waals surface area contributed by atoms with Gasteiger partial charge in [-0.3, -0.25) is 4.79 Å². The highest BCUT2D eigenvalue weighted by Gasteiger charge is 2.16. The van der Waals surface area contributed by atoms with E-state index >= 15 is 0 Å². The lowest BCUT2D eigenvalue weighted by Crippen LogP contribution is -2.45. The van der Waals surface area contributed by atoms with Gasteiger partial charge in [0, 0.05) is 25.3 Å². The van der Waals surface area contributed by atoms with E-state index in [4.69, 9.17) is 4.74 Å². The number of ether oxygens (including phenoxy) is 1. The van der Waals surface area contributed by atoms with Crippen LogP contribution in [0.2, 0.25) is 0 Å². The van der Waals surface area contributed by atoms with Gasteiger partial charge in [0.2, 0.25) is 0 Å².